The number of rotatable bonds is 5. The van der Waals surface area contributed by atoms with Crippen LogP contribution in [0.5, 0.6) is 0 Å². The first kappa shape index (κ1) is 25.8. The van der Waals surface area contributed by atoms with Gasteiger partial charge in [-0.3, -0.25) is 0 Å². The van der Waals surface area contributed by atoms with Crippen molar-refractivity contribution in [1.29, 1.82) is 0 Å². The lowest BCUT2D eigenvalue weighted by Crippen LogP contribution is -2.11. The Labute approximate surface area is 225 Å². The normalized spacial score (nSPS) is 12.4. The van der Waals surface area contributed by atoms with E-state index < -0.39 is 23.5 Å². The first-order valence-electron chi connectivity index (χ1n) is 12.6. The summed E-state index contributed by atoms with van der Waals surface area (Å²) in [5.41, 5.74) is 2.29. The Morgan fingerprint density at radius 2 is 0.875 bits per heavy atom. The third-order valence-electron chi connectivity index (χ3n) is 7.21. The average Bonchev–Trinajstić information content (AvgIpc) is 3.51. The Hall–Kier alpha value is -4.46. The predicted octanol–water partition coefficient (Wildman–Crippen LogP) is 9.40. The zero-order chi connectivity index (χ0) is 28.1. The Kier molecular flexibility index (Phi) is 6.21. The van der Waals surface area contributed by atoms with Gasteiger partial charge in [0, 0.05) is 36.5 Å². The molecule has 8 heteroatoms. The van der Waals surface area contributed by atoms with E-state index >= 15 is 0 Å². The molecule has 202 valence electrons. The van der Waals surface area contributed by atoms with Gasteiger partial charge >= 0.3 is 12.4 Å². The molecule has 0 aliphatic carbocycles. The number of benzene rings is 4. The molecule has 0 aliphatic heterocycles. The molecule has 0 saturated carbocycles. The minimum absolute atomic E-state index is 0.0587. The van der Waals surface area contributed by atoms with Gasteiger partial charge in [-0.2, -0.15) is 26.3 Å². The topological polar surface area (TPSA) is 9.86 Å². The van der Waals surface area contributed by atoms with E-state index in [1.807, 2.05) is 48.5 Å². The average molecular weight is 549 g/mol. The molecule has 0 unspecified atom stereocenters. The summed E-state index contributed by atoms with van der Waals surface area (Å²) in [5, 5.41) is 1.78. The van der Waals surface area contributed by atoms with Gasteiger partial charge in [0.05, 0.1) is 11.1 Å². The lowest BCUT2D eigenvalue weighted by atomic mass is 10.0. The predicted molar refractivity (Wildman–Crippen MR) is 144 cm³/mol. The summed E-state index contributed by atoms with van der Waals surface area (Å²) in [5.74, 6) is 0. The molecule has 6 rings (SSSR count). The summed E-state index contributed by atoms with van der Waals surface area (Å²) in [7, 11) is 0. The fourth-order valence-electron chi connectivity index (χ4n) is 5.24. The van der Waals surface area contributed by atoms with Crippen molar-refractivity contribution in [2.45, 2.75) is 25.4 Å². The van der Waals surface area contributed by atoms with Crippen LogP contribution in [-0.4, -0.2) is 9.13 Å². The van der Waals surface area contributed by atoms with Gasteiger partial charge in [0.15, 0.2) is 0 Å². The monoisotopic (exact) mass is 548 g/mol. The third-order valence-corrected chi connectivity index (χ3v) is 7.21. The highest BCUT2D eigenvalue weighted by Crippen LogP contribution is 2.35. The van der Waals surface area contributed by atoms with Gasteiger partial charge in [0.1, 0.15) is 0 Å². The fourth-order valence-corrected chi connectivity index (χ4v) is 5.24. The van der Waals surface area contributed by atoms with Crippen LogP contribution >= 0.6 is 0 Å². The largest absolute Gasteiger partial charge is 0.416 e. The van der Waals surface area contributed by atoms with Gasteiger partial charge in [0.2, 0.25) is 0 Å². The number of aromatic nitrogens is 2. The number of hydrogen-bond acceptors (Lipinski definition) is 0. The van der Waals surface area contributed by atoms with Crippen LogP contribution in [0.15, 0.2) is 109 Å². The molecule has 0 bridgehead atoms. The molecule has 4 aromatic carbocycles. The van der Waals surface area contributed by atoms with E-state index in [0.717, 1.165) is 45.1 Å². The molecule has 0 saturated heterocycles. The summed E-state index contributed by atoms with van der Waals surface area (Å²) >= 11 is 0. The standard InChI is InChI=1S/C32H22F6N2/c33-31(34,35)27-7-3-1-5-25(27)19-39-15-13-21-9-11-23(17-29(21)39)24-12-10-22-14-16-40(30(22)18-24)20-26-6-2-4-8-28(26)32(36,37)38/h1-18H,19-20H2. The third kappa shape index (κ3) is 4.85. The smallest absolute Gasteiger partial charge is 0.343 e. The van der Waals surface area contributed by atoms with Crippen molar-refractivity contribution in [3.8, 4) is 11.1 Å². The second-order valence-corrected chi connectivity index (χ2v) is 9.74. The van der Waals surface area contributed by atoms with Gasteiger partial charge in [-0.1, -0.05) is 60.7 Å². The summed E-state index contributed by atoms with van der Waals surface area (Å²) in [6.07, 6.45) is -5.35. The Morgan fingerprint density at radius 1 is 0.475 bits per heavy atom. The van der Waals surface area contributed by atoms with Gasteiger partial charge in [-0.15, -0.1) is 0 Å². The Morgan fingerprint density at radius 3 is 1.27 bits per heavy atom. The van der Waals surface area contributed by atoms with Crippen LogP contribution in [0.4, 0.5) is 26.3 Å². The molecule has 0 fully saturated rings. The summed E-state index contributed by atoms with van der Waals surface area (Å²) in [4.78, 5) is 0. The van der Waals surface area contributed by atoms with Crippen LogP contribution in [0, 0.1) is 0 Å². The van der Waals surface area contributed by atoms with E-state index in [2.05, 4.69) is 0 Å². The van der Waals surface area contributed by atoms with Crippen LogP contribution in [0.25, 0.3) is 32.9 Å². The molecule has 0 radical (unpaired) electrons. The maximum atomic E-state index is 13.6. The van der Waals surface area contributed by atoms with Crippen molar-refractivity contribution < 1.29 is 26.3 Å². The maximum Gasteiger partial charge on any atom is 0.416 e. The fraction of sp³-hybridized carbons (Fsp3) is 0.125. The number of nitrogens with zero attached hydrogens (tertiary/aromatic N) is 2. The first-order chi connectivity index (χ1) is 19.1. The highest BCUT2D eigenvalue weighted by Gasteiger charge is 2.33. The molecular weight excluding hydrogens is 526 g/mol. The van der Waals surface area contributed by atoms with Gasteiger partial charge in [0.25, 0.3) is 0 Å². The van der Waals surface area contributed by atoms with Crippen LogP contribution in [0.1, 0.15) is 22.3 Å². The minimum Gasteiger partial charge on any atom is -0.343 e. The molecule has 0 atom stereocenters. The molecular formula is C32H22F6N2. The van der Waals surface area contributed by atoms with E-state index in [9.17, 15) is 26.3 Å². The van der Waals surface area contributed by atoms with Gasteiger partial charge < -0.3 is 9.13 Å². The van der Waals surface area contributed by atoms with Crippen molar-refractivity contribution in [2.75, 3.05) is 0 Å². The molecule has 2 heterocycles. The van der Waals surface area contributed by atoms with E-state index in [4.69, 9.17) is 0 Å². The van der Waals surface area contributed by atoms with E-state index in [1.165, 1.54) is 24.3 Å². The lowest BCUT2D eigenvalue weighted by molar-refractivity contribution is -0.139. The van der Waals surface area contributed by atoms with Crippen molar-refractivity contribution in [3.63, 3.8) is 0 Å². The molecule has 0 spiro atoms. The van der Waals surface area contributed by atoms with Crippen molar-refractivity contribution in [2.24, 2.45) is 0 Å². The zero-order valence-electron chi connectivity index (χ0n) is 21.0. The number of halogens is 6. The molecule has 2 aromatic heterocycles. The Balaban J connectivity index is 1.37. The second kappa shape index (κ2) is 9.62. The molecule has 0 aliphatic rings. The molecule has 2 nitrogen and oxygen atoms in total. The molecule has 0 N–H and O–H groups in total. The van der Waals surface area contributed by atoms with Gasteiger partial charge in [-0.05, 0) is 69.4 Å². The van der Waals surface area contributed by atoms with E-state index in [0.29, 0.717) is 0 Å². The van der Waals surface area contributed by atoms with Crippen molar-refractivity contribution in [1.82, 2.24) is 9.13 Å². The van der Waals surface area contributed by atoms with E-state index in [1.54, 1.807) is 33.7 Å². The maximum absolute atomic E-state index is 13.6. The number of fused-ring (bicyclic) bond motifs is 2. The van der Waals surface area contributed by atoms with Crippen molar-refractivity contribution >= 4 is 21.8 Å². The summed E-state index contributed by atoms with van der Waals surface area (Å²) in [6, 6.07) is 26.4. The summed E-state index contributed by atoms with van der Waals surface area (Å²) in [6.45, 7) is 0.117. The Bertz CT molecular complexity index is 1700. The minimum atomic E-state index is -4.45. The first-order valence-corrected chi connectivity index (χ1v) is 12.6. The van der Waals surface area contributed by atoms with Crippen LogP contribution in [0.2, 0.25) is 0 Å². The van der Waals surface area contributed by atoms with Crippen LogP contribution < -0.4 is 0 Å². The zero-order valence-corrected chi connectivity index (χ0v) is 21.0. The van der Waals surface area contributed by atoms with Crippen LogP contribution in [-0.2, 0) is 25.4 Å². The molecule has 40 heavy (non-hydrogen) atoms. The molecule has 0 amide bonds. The molecule has 6 aromatic rings. The summed E-state index contributed by atoms with van der Waals surface area (Å²) < 4.78 is 84.9. The highest BCUT2D eigenvalue weighted by molar-refractivity contribution is 5.89. The number of alkyl halides is 6. The quantitative estimate of drug-likeness (QED) is 0.190. The number of hydrogen-bond donors (Lipinski definition) is 0. The van der Waals surface area contributed by atoms with E-state index in [-0.39, 0.29) is 24.2 Å². The lowest BCUT2D eigenvalue weighted by Gasteiger charge is -2.15. The van der Waals surface area contributed by atoms with Crippen LogP contribution in [0.3, 0.4) is 0 Å². The second-order valence-electron chi connectivity index (χ2n) is 9.74. The highest BCUT2D eigenvalue weighted by atomic mass is 19.4. The van der Waals surface area contributed by atoms with Crippen molar-refractivity contribution in [3.05, 3.63) is 132 Å². The van der Waals surface area contributed by atoms with Gasteiger partial charge in [-0.25, -0.2) is 0 Å². The SMILES string of the molecule is FC(F)(F)c1ccccc1Cn1ccc2ccc(-c3ccc4ccn(Cc5ccccc5C(F)(F)F)c4c3)cc21.